The summed E-state index contributed by atoms with van der Waals surface area (Å²) in [5.74, 6) is 0.741. The van der Waals surface area contributed by atoms with Crippen molar-refractivity contribution in [3.63, 3.8) is 0 Å². The molecule has 2 aromatic carbocycles. The number of carbonyl (C=O) groups excluding carboxylic acids is 2. The third-order valence-corrected chi connectivity index (χ3v) is 4.84. The zero-order valence-electron chi connectivity index (χ0n) is 15.7. The fraction of sp³-hybridized carbons (Fsp3) is 0.333. The summed E-state index contributed by atoms with van der Waals surface area (Å²) in [4.78, 5) is 26.7. The molecule has 1 unspecified atom stereocenters. The van der Waals surface area contributed by atoms with E-state index in [0.29, 0.717) is 29.2 Å². The van der Waals surface area contributed by atoms with Crippen LogP contribution in [0, 0.1) is 0 Å². The SMILES string of the molecule is COC(=O)c1cccc(C(=O)N2CCCC2c2ccc(OC)c(OC)c2)c1. The molecule has 1 heterocycles. The summed E-state index contributed by atoms with van der Waals surface area (Å²) in [7, 11) is 4.51. The predicted molar refractivity (Wildman–Crippen MR) is 100 cm³/mol. The first-order chi connectivity index (χ1) is 13.1. The van der Waals surface area contributed by atoms with Crippen molar-refractivity contribution >= 4 is 11.9 Å². The fourth-order valence-corrected chi connectivity index (χ4v) is 3.48. The highest BCUT2D eigenvalue weighted by atomic mass is 16.5. The Morgan fingerprint density at radius 3 is 2.41 bits per heavy atom. The summed E-state index contributed by atoms with van der Waals surface area (Å²) in [6.45, 7) is 0.667. The van der Waals surface area contributed by atoms with E-state index in [-0.39, 0.29) is 11.9 Å². The van der Waals surface area contributed by atoms with Gasteiger partial charge in [-0.25, -0.2) is 4.79 Å². The van der Waals surface area contributed by atoms with Crippen LogP contribution in [-0.2, 0) is 4.74 Å². The third-order valence-electron chi connectivity index (χ3n) is 4.84. The number of benzene rings is 2. The number of methoxy groups -OCH3 is 3. The van der Waals surface area contributed by atoms with Gasteiger partial charge < -0.3 is 19.1 Å². The number of ether oxygens (including phenoxy) is 3. The second-order valence-corrected chi connectivity index (χ2v) is 6.34. The van der Waals surface area contributed by atoms with E-state index in [1.54, 1.807) is 38.5 Å². The standard InChI is InChI=1S/C21H23NO5/c1-25-18-10-9-14(13-19(18)26-2)17-8-5-11-22(17)20(23)15-6-4-7-16(12-15)21(24)27-3/h4,6-7,9-10,12-13,17H,5,8,11H2,1-3H3. The van der Waals surface area contributed by atoms with Crippen molar-refractivity contribution < 1.29 is 23.8 Å². The van der Waals surface area contributed by atoms with Gasteiger partial charge in [-0.2, -0.15) is 0 Å². The van der Waals surface area contributed by atoms with Crippen molar-refractivity contribution in [2.45, 2.75) is 18.9 Å². The average molecular weight is 369 g/mol. The van der Waals surface area contributed by atoms with Crippen LogP contribution in [0.5, 0.6) is 11.5 Å². The van der Waals surface area contributed by atoms with Gasteiger partial charge in [-0.3, -0.25) is 4.79 Å². The molecular formula is C21H23NO5. The fourth-order valence-electron chi connectivity index (χ4n) is 3.48. The molecule has 1 aliphatic rings. The van der Waals surface area contributed by atoms with Gasteiger partial charge in [-0.05, 0) is 48.7 Å². The quantitative estimate of drug-likeness (QED) is 0.755. The van der Waals surface area contributed by atoms with Gasteiger partial charge in [0, 0.05) is 12.1 Å². The van der Waals surface area contributed by atoms with Crippen molar-refractivity contribution in [3.8, 4) is 11.5 Å². The van der Waals surface area contributed by atoms with Crippen LogP contribution in [0.4, 0.5) is 0 Å². The largest absolute Gasteiger partial charge is 0.493 e. The molecule has 1 fully saturated rings. The summed E-state index contributed by atoms with van der Waals surface area (Å²) < 4.78 is 15.4. The zero-order valence-corrected chi connectivity index (χ0v) is 15.7. The van der Waals surface area contributed by atoms with Gasteiger partial charge in [0.25, 0.3) is 5.91 Å². The normalized spacial score (nSPS) is 16.1. The first-order valence-electron chi connectivity index (χ1n) is 8.80. The lowest BCUT2D eigenvalue weighted by Gasteiger charge is -2.26. The van der Waals surface area contributed by atoms with E-state index in [9.17, 15) is 9.59 Å². The van der Waals surface area contributed by atoms with Crippen molar-refractivity contribution in [2.75, 3.05) is 27.9 Å². The van der Waals surface area contributed by atoms with Crippen LogP contribution in [0.3, 0.4) is 0 Å². The molecule has 6 nitrogen and oxygen atoms in total. The van der Waals surface area contributed by atoms with E-state index < -0.39 is 5.97 Å². The minimum atomic E-state index is -0.456. The lowest BCUT2D eigenvalue weighted by Crippen LogP contribution is -2.30. The highest BCUT2D eigenvalue weighted by molar-refractivity contribution is 5.98. The number of hydrogen-bond donors (Lipinski definition) is 0. The van der Waals surface area contributed by atoms with Crippen molar-refractivity contribution in [1.29, 1.82) is 0 Å². The molecule has 0 bridgehead atoms. The maximum atomic E-state index is 13.1. The Kier molecular flexibility index (Phi) is 5.64. The van der Waals surface area contributed by atoms with Gasteiger partial charge in [-0.1, -0.05) is 12.1 Å². The van der Waals surface area contributed by atoms with Crippen molar-refractivity contribution in [2.24, 2.45) is 0 Å². The van der Waals surface area contributed by atoms with Crippen LogP contribution in [-0.4, -0.2) is 44.7 Å². The number of carbonyl (C=O) groups is 2. The van der Waals surface area contributed by atoms with Crippen molar-refractivity contribution in [1.82, 2.24) is 4.90 Å². The molecule has 0 radical (unpaired) electrons. The monoisotopic (exact) mass is 369 g/mol. The number of hydrogen-bond acceptors (Lipinski definition) is 5. The first-order valence-corrected chi connectivity index (χ1v) is 8.80. The average Bonchev–Trinajstić information content (AvgIpc) is 3.21. The Hall–Kier alpha value is -3.02. The second-order valence-electron chi connectivity index (χ2n) is 6.34. The number of amides is 1. The van der Waals surface area contributed by atoms with Gasteiger partial charge in [-0.15, -0.1) is 0 Å². The summed E-state index contributed by atoms with van der Waals surface area (Å²) in [6, 6.07) is 12.3. The molecule has 0 aromatic heterocycles. The molecule has 1 amide bonds. The van der Waals surface area contributed by atoms with E-state index in [4.69, 9.17) is 14.2 Å². The highest BCUT2D eigenvalue weighted by Gasteiger charge is 2.31. The van der Waals surface area contributed by atoms with Crippen LogP contribution < -0.4 is 9.47 Å². The molecule has 142 valence electrons. The zero-order chi connectivity index (χ0) is 19.4. The van der Waals surface area contributed by atoms with Gasteiger partial charge in [0.15, 0.2) is 11.5 Å². The summed E-state index contributed by atoms with van der Waals surface area (Å²) in [5, 5.41) is 0. The summed E-state index contributed by atoms with van der Waals surface area (Å²) in [6.07, 6.45) is 1.79. The molecule has 1 saturated heterocycles. The first kappa shape index (κ1) is 18.8. The molecule has 0 aliphatic carbocycles. The molecule has 3 rings (SSSR count). The Bertz CT molecular complexity index is 848. The number of likely N-dealkylation sites (tertiary alicyclic amines) is 1. The molecule has 2 aromatic rings. The van der Waals surface area contributed by atoms with Gasteiger partial charge in [0.2, 0.25) is 0 Å². The van der Waals surface area contributed by atoms with Gasteiger partial charge >= 0.3 is 5.97 Å². The number of nitrogens with zero attached hydrogens (tertiary/aromatic N) is 1. The lowest BCUT2D eigenvalue weighted by molar-refractivity contribution is 0.0600. The van der Waals surface area contributed by atoms with E-state index in [1.165, 1.54) is 7.11 Å². The molecule has 0 spiro atoms. The molecule has 0 saturated carbocycles. The molecule has 1 atom stereocenters. The van der Waals surface area contributed by atoms with Crippen molar-refractivity contribution in [3.05, 3.63) is 59.2 Å². The Morgan fingerprint density at radius 2 is 1.70 bits per heavy atom. The highest BCUT2D eigenvalue weighted by Crippen LogP contribution is 2.37. The van der Waals surface area contributed by atoms with Gasteiger partial charge in [0.05, 0.1) is 32.9 Å². The molecular weight excluding hydrogens is 346 g/mol. The van der Waals surface area contributed by atoms with Crippen LogP contribution in [0.2, 0.25) is 0 Å². The molecule has 6 heteroatoms. The molecule has 0 N–H and O–H groups in total. The van der Waals surface area contributed by atoms with Crippen LogP contribution in [0.15, 0.2) is 42.5 Å². The maximum absolute atomic E-state index is 13.1. The number of esters is 1. The Balaban J connectivity index is 1.88. The summed E-state index contributed by atoms with van der Waals surface area (Å²) >= 11 is 0. The summed E-state index contributed by atoms with van der Waals surface area (Å²) in [5.41, 5.74) is 1.85. The number of rotatable bonds is 5. The molecule has 27 heavy (non-hydrogen) atoms. The minimum Gasteiger partial charge on any atom is -0.493 e. The van der Waals surface area contributed by atoms with Crippen LogP contribution in [0.25, 0.3) is 0 Å². The topological polar surface area (TPSA) is 65.1 Å². The van der Waals surface area contributed by atoms with Crippen LogP contribution >= 0.6 is 0 Å². The Labute approximate surface area is 158 Å². The third kappa shape index (κ3) is 3.74. The predicted octanol–water partition coefficient (Wildman–Crippen LogP) is 3.47. The lowest BCUT2D eigenvalue weighted by atomic mass is 10.0. The van der Waals surface area contributed by atoms with Gasteiger partial charge in [0.1, 0.15) is 0 Å². The van der Waals surface area contributed by atoms with E-state index in [0.717, 1.165) is 18.4 Å². The second kappa shape index (κ2) is 8.12. The van der Waals surface area contributed by atoms with E-state index in [1.807, 2.05) is 23.1 Å². The van der Waals surface area contributed by atoms with E-state index in [2.05, 4.69) is 0 Å². The minimum absolute atomic E-state index is 0.0425. The molecule has 1 aliphatic heterocycles. The van der Waals surface area contributed by atoms with E-state index >= 15 is 0 Å². The maximum Gasteiger partial charge on any atom is 0.337 e. The smallest absolute Gasteiger partial charge is 0.337 e. The Morgan fingerprint density at radius 1 is 0.963 bits per heavy atom. The van der Waals surface area contributed by atoms with Crippen LogP contribution in [0.1, 0.15) is 45.2 Å².